The Kier molecular flexibility index (Phi) is 4.72. The molecule has 2 rings (SSSR count). The van der Waals surface area contributed by atoms with Crippen LogP contribution in [0.2, 0.25) is 0 Å². The molecule has 4 nitrogen and oxygen atoms in total. The van der Waals surface area contributed by atoms with Crippen molar-refractivity contribution in [3.05, 3.63) is 28.5 Å². The number of nitrogens with zero attached hydrogens (tertiary/aromatic N) is 2. The highest BCUT2D eigenvalue weighted by Crippen LogP contribution is 2.17. The smallest absolute Gasteiger partial charge is 0.255 e. The van der Waals surface area contributed by atoms with Crippen LogP contribution in [0.5, 0.6) is 0 Å². The molecule has 2 heterocycles. The quantitative estimate of drug-likeness (QED) is 0.861. The molecule has 0 spiro atoms. The molecule has 0 bridgehead atoms. The molecule has 1 aliphatic rings. The normalized spacial score (nSPS) is 16.9. The molecule has 18 heavy (non-hydrogen) atoms. The summed E-state index contributed by atoms with van der Waals surface area (Å²) in [7, 11) is 0. The highest BCUT2D eigenvalue weighted by molar-refractivity contribution is 9.10. The molecule has 0 N–H and O–H groups in total. The number of carbonyl (C=O) groups excluding carboxylic acids is 1. The summed E-state index contributed by atoms with van der Waals surface area (Å²) >= 11 is 3.33. The van der Waals surface area contributed by atoms with Crippen molar-refractivity contribution in [3.8, 4) is 0 Å². The Hall–Kier alpha value is -0.940. The predicted octanol–water partition coefficient (Wildman–Crippen LogP) is 2.49. The van der Waals surface area contributed by atoms with Gasteiger partial charge in [-0.15, -0.1) is 0 Å². The third-order valence-electron chi connectivity index (χ3n) is 3.08. The zero-order valence-electron chi connectivity index (χ0n) is 10.4. The molecular formula is C13H17BrN2O2. The van der Waals surface area contributed by atoms with Crippen LogP contribution in [0.15, 0.2) is 22.9 Å². The highest BCUT2D eigenvalue weighted by atomic mass is 79.9. The van der Waals surface area contributed by atoms with Gasteiger partial charge >= 0.3 is 0 Å². The van der Waals surface area contributed by atoms with E-state index in [1.807, 2.05) is 17.9 Å². The van der Waals surface area contributed by atoms with Crippen LogP contribution in [0.25, 0.3) is 0 Å². The van der Waals surface area contributed by atoms with Crippen LogP contribution in [0.4, 0.5) is 0 Å². The largest absolute Gasteiger partial charge is 0.378 e. The van der Waals surface area contributed by atoms with Gasteiger partial charge in [0.05, 0.1) is 11.7 Å². The average molecular weight is 313 g/mol. The van der Waals surface area contributed by atoms with Crippen molar-refractivity contribution < 1.29 is 9.53 Å². The minimum absolute atomic E-state index is 0.0544. The number of pyridine rings is 1. The monoisotopic (exact) mass is 312 g/mol. The number of aromatic nitrogens is 1. The van der Waals surface area contributed by atoms with Crippen molar-refractivity contribution in [3.63, 3.8) is 0 Å². The second-order valence-corrected chi connectivity index (χ2v) is 5.25. The highest BCUT2D eigenvalue weighted by Gasteiger charge is 2.23. The fourth-order valence-electron chi connectivity index (χ4n) is 2.17. The van der Waals surface area contributed by atoms with Crippen molar-refractivity contribution in [2.75, 3.05) is 19.7 Å². The van der Waals surface area contributed by atoms with Crippen molar-refractivity contribution in [2.45, 2.75) is 25.9 Å². The summed E-state index contributed by atoms with van der Waals surface area (Å²) in [5.41, 5.74) is 0.638. The second-order valence-electron chi connectivity index (χ2n) is 4.34. The van der Waals surface area contributed by atoms with Crippen LogP contribution in [-0.4, -0.2) is 41.6 Å². The summed E-state index contributed by atoms with van der Waals surface area (Å²) in [5, 5.41) is 0. The Morgan fingerprint density at radius 1 is 1.50 bits per heavy atom. The first-order valence-electron chi connectivity index (χ1n) is 6.22. The molecule has 0 aromatic carbocycles. The van der Waals surface area contributed by atoms with E-state index >= 15 is 0 Å². The van der Waals surface area contributed by atoms with Gasteiger partial charge in [0.2, 0.25) is 0 Å². The average Bonchev–Trinajstić information content (AvgIpc) is 2.39. The minimum atomic E-state index is 0.0544. The molecule has 1 amide bonds. The first kappa shape index (κ1) is 13.5. The van der Waals surface area contributed by atoms with E-state index in [2.05, 4.69) is 20.9 Å². The van der Waals surface area contributed by atoms with Crippen LogP contribution in [0, 0.1) is 0 Å². The molecule has 0 unspecified atom stereocenters. The Labute approximate surface area is 115 Å². The molecule has 1 fully saturated rings. The summed E-state index contributed by atoms with van der Waals surface area (Å²) in [6.07, 6.45) is 5.43. The van der Waals surface area contributed by atoms with Crippen LogP contribution in [-0.2, 0) is 4.74 Å². The van der Waals surface area contributed by atoms with Gasteiger partial charge in [-0.05, 0) is 41.8 Å². The Morgan fingerprint density at radius 3 is 2.83 bits per heavy atom. The van der Waals surface area contributed by atoms with Gasteiger partial charge < -0.3 is 9.64 Å². The van der Waals surface area contributed by atoms with Crippen LogP contribution < -0.4 is 0 Å². The number of hydrogen-bond donors (Lipinski definition) is 0. The van der Waals surface area contributed by atoms with E-state index in [1.165, 1.54) is 0 Å². The molecule has 1 saturated heterocycles. The van der Waals surface area contributed by atoms with Crippen molar-refractivity contribution in [1.29, 1.82) is 0 Å². The summed E-state index contributed by atoms with van der Waals surface area (Å²) in [6, 6.07) is 1.81. The summed E-state index contributed by atoms with van der Waals surface area (Å²) in [4.78, 5) is 18.1. The molecular weight excluding hydrogens is 296 g/mol. The van der Waals surface area contributed by atoms with Gasteiger partial charge in [0, 0.05) is 36.6 Å². The van der Waals surface area contributed by atoms with E-state index in [4.69, 9.17) is 4.74 Å². The van der Waals surface area contributed by atoms with Crippen LogP contribution in [0.3, 0.4) is 0 Å². The fourth-order valence-corrected chi connectivity index (χ4v) is 2.54. The van der Waals surface area contributed by atoms with Crippen LogP contribution in [0.1, 0.15) is 30.1 Å². The summed E-state index contributed by atoms with van der Waals surface area (Å²) in [6.45, 7) is 4.27. The minimum Gasteiger partial charge on any atom is -0.378 e. The van der Waals surface area contributed by atoms with E-state index in [0.717, 1.165) is 37.0 Å². The first-order chi connectivity index (χ1) is 8.70. The molecule has 1 aliphatic heterocycles. The molecule has 0 atom stereocenters. The Balaban J connectivity index is 1.95. The maximum absolute atomic E-state index is 12.2. The molecule has 0 saturated carbocycles. The Morgan fingerprint density at radius 2 is 2.22 bits per heavy atom. The molecule has 1 aromatic rings. The topological polar surface area (TPSA) is 42.4 Å². The van der Waals surface area contributed by atoms with Crippen LogP contribution >= 0.6 is 15.9 Å². The van der Waals surface area contributed by atoms with Gasteiger partial charge in [-0.25, -0.2) is 0 Å². The Bertz CT molecular complexity index is 417. The maximum atomic E-state index is 12.2. The lowest BCUT2D eigenvalue weighted by Gasteiger charge is -2.31. The second kappa shape index (κ2) is 6.29. The fraction of sp³-hybridized carbons (Fsp3) is 0.538. The summed E-state index contributed by atoms with van der Waals surface area (Å²) in [5.74, 6) is 0.0544. The van der Waals surface area contributed by atoms with E-state index < -0.39 is 0 Å². The molecule has 1 aromatic heterocycles. The van der Waals surface area contributed by atoms with Crippen molar-refractivity contribution in [1.82, 2.24) is 9.88 Å². The number of halogens is 1. The van der Waals surface area contributed by atoms with Gasteiger partial charge in [-0.3, -0.25) is 9.78 Å². The number of ether oxygens (including phenoxy) is 1. The number of carbonyl (C=O) groups is 1. The van der Waals surface area contributed by atoms with Crippen molar-refractivity contribution >= 4 is 21.8 Å². The number of rotatable bonds is 3. The van der Waals surface area contributed by atoms with E-state index in [9.17, 15) is 4.79 Å². The number of likely N-dealkylation sites (tertiary alicyclic amines) is 1. The van der Waals surface area contributed by atoms with Gasteiger partial charge in [-0.1, -0.05) is 0 Å². The predicted molar refractivity (Wildman–Crippen MR) is 72.5 cm³/mol. The van der Waals surface area contributed by atoms with Crippen molar-refractivity contribution in [2.24, 2.45) is 0 Å². The number of amides is 1. The zero-order valence-corrected chi connectivity index (χ0v) is 12.0. The lowest BCUT2D eigenvalue weighted by atomic mass is 10.1. The number of piperidine rings is 1. The SMILES string of the molecule is CCOC1CCN(C(=O)c2cncc(Br)c2)CC1. The summed E-state index contributed by atoms with van der Waals surface area (Å²) < 4.78 is 6.41. The van der Waals surface area contributed by atoms with Gasteiger partial charge in [-0.2, -0.15) is 0 Å². The molecule has 0 radical (unpaired) electrons. The third kappa shape index (κ3) is 3.29. The van der Waals surface area contributed by atoms with Gasteiger partial charge in [0.25, 0.3) is 5.91 Å². The van der Waals surface area contributed by atoms with Gasteiger partial charge in [0.15, 0.2) is 0 Å². The first-order valence-corrected chi connectivity index (χ1v) is 7.01. The van der Waals surface area contributed by atoms with E-state index in [-0.39, 0.29) is 5.91 Å². The third-order valence-corrected chi connectivity index (χ3v) is 3.52. The number of hydrogen-bond acceptors (Lipinski definition) is 3. The molecule has 98 valence electrons. The maximum Gasteiger partial charge on any atom is 0.255 e. The molecule has 5 heteroatoms. The van der Waals surface area contributed by atoms with E-state index in [0.29, 0.717) is 11.7 Å². The standard InChI is InChI=1S/C13H17BrN2O2/c1-2-18-12-3-5-16(6-4-12)13(17)10-7-11(14)9-15-8-10/h7-9,12H,2-6H2,1H3. The lowest BCUT2D eigenvalue weighted by Crippen LogP contribution is -2.40. The van der Waals surface area contributed by atoms with E-state index in [1.54, 1.807) is 12.4 Å². The molecule has 0 aliphatic carbocycles. The lowest BCUT2D eigenvalue weighted by molar-refractivity contribution is 0.0146. The zero-order chi connectivity index (χ0) is 13.0. The van der Waals surface area contributed by atoms with Gasteiger partial charge in [0.1, 0.15) is 0 Å².